The molecule has 14 heavy (non-hydrogen) atoms. The summed E-state index contributed by atoms with van der Waals surface area (Å²) in [6.07, 6.45) is 2.10. The molecule has 1 rings (SSSR count). The summed E-state index contributed by atoms with van der Waals surface area (Å²) in [4.78, 5) is 11.1. The van der Waals surface area contributed by atoms with Crippen molar-refractivity contribution in [1.29, 1.82) is 0 Å². The average Bonchev–Trinajstić information content (AvgIpc) is 2.15. The lowest BCUT2D eigenvalue weighted by atomic mass is 10.2. The van der Waals surface area contributed by atoms with Gasteiger partial charge in [-0.25, -0.2) is 0 Å². The van der Waals surface area contributed by atoms with Gasteiger partial charge in [-0.2, -0.15) is 0 Å². The molecule has 0 aliphatic carbocycles. The molecule has 0 aliphatic rings. The molecule has 1 atom stereocenters. The monoisotopic (exact) mass is 232 g/mol. The van der Waals surface area contributed by atoms with Gasteiger partial charge in [0.25, 0.3) is 0 Å². The zero-order valence-corrected chi connectivity index (χ0v) is 9.32. The topological polar surface area (TPSA) is 49.4 Å². The van der Waals surface area contributed by atoms with Gasteiger partial charge < -0.3 is 9.29 Å². The number of hydrogen-bond acceptors (Lipinski definition) is 3. The number of ether oxygens (including phenoxy) is 1. The number of carbonyl (C=O) groups excluding carboxylic acids is 1. The van der Waals surface area contributed by atoms with Crippen molar-refractivity contribution in [2.75, 3.05) is 13.4 Å². The third-order valence-electron chi connectivity index (χ3n) is 1.68. The fourth-order valence-electron chi connectivity index (χ4n) is 1.14. The van der Waals surface area contributed by atoms with Gasteiger partial charge in [0.05, 0.1) is 12.7 Å². The van der Waals surface area contributed by atoms with Gasteiger partial charge in [0.2, 0.25) is 4.90 Å². The van der Waals surface area contributed by atoms with E-state index in [2.05, 4.69) is 0 Å². The Bertz CT molecular complexity index is 352. The molecule has 0 saturated carbocycles. The Hall–Kier alpha value is -0.710. The third kappa shape index (κ3) is 2.20. The average molecular weight is 233 g/mol. The Balaban J connectivity index is 3.40. The van der Waals surface area contributed by atoms with E-state index in [1.165, 1.54) is 25.5 Å². The van der Waals surface area contributed by atoms with Crippen LogP contribution in [0.15, 0.2) is 17.0 Å². The molecular weight excluding hydrogens is 224 g/mol. The normalized spacial score (nSPS) is 12.3. The lowest BCUT2D eigenvalue weighted by Gasteiger charge is -2.11. The molecule has 0 fully saturated rings. The van der Waals surface area contributed by atoms with E-state index in [0.717, 1.165) is 0 Å². The smallest absolute Gasteiger partial charge is 0.204 e. The first-order valence-electron chi connectivity index (χ1n) is 3.76. The molecule has 0 saturated heterocycles. The maximum absolute atomic E-state index is 11.3. The van der Waals surface area contributed by atoms with Crippen molar-refractivity contribution in [1.82, 2.24) is 0 Å². The zero-order chi connectivity index (χ0) is 10.7. The molecule has 1 aromatic carbocycles. The van der Waals surface area contributed by atoms with Gasteiger partial charge in [0.1, 0.15) is 6.26 Å². The summed E-state index contributed by atoms with van der Waals surface area (Å²) in [5.41, 5.74) is 0.301. The van der Waals surface area contributed by atoms with E-state index in [1.54, 1.807) is 0 Å². The van der Waals surface area contributed by atoms with Crippen LogP contribution in [0, 0.1) is 0 Å². The summed E-state index contributed by atoms with van der Waals surface area (Å²) in [7, 11) is 1.44. The fraction of sp³-hybridized carbons (Fsp3) is 0.222. The second-order valence-corrected chi connectivity index (χ2v) is 4.35. The highest BCUT2D eigenvalue weighted by molar-refractivity contribution is 7.90. The SMILES string of the molecule is COc1cc(Cl)cc(C=O)c1[S+](C)[O-]. The highest BCUT2D eigenvalue weighted by atomic mass is 35.5. The summed E-state index contributed by atoms with van der Waals surface area (Å²) in [5, 5.41) is 0.387. The summed E-state index contributed by atoms with van der Waals surface area (Å²) < 4.78 is 16.3. The Labute approximate surface area is 90.2 Å². The Morgan fingerprint density at radius 1 is 1.57 bits per heavy atom. The van der Waals surface area contributed by atoms with E-state index in [0.29, 0.717) is 27.5 Å². The minimum atomic E-state index is -1.27. The van der Waals surface area contributed by atoms with Crippen LogP contribution in [0.2, 0.25) is 5.02 Å². The molecule has 5 heteroatoms. The van der Waals surface area contributed by atoms with Crippen LogP contribution >= 0.6 is 11.6 Å². The van der Waals surface area contributed by atoms with Crippen molar-refractivity contribution in [2.24, 2.45) is 0 Å². The van der Waals surface area contributed by atoms with E-state index in [9.17, 15) is 9.35 Å². The molecule has 1 unspecified atom stereocenters. The first-order valence-corrected chi connectivity index (χ1v) is 5.70. The largest absolute Gasteiger partial charge is 0.612 e. The predicted molar refractivity (Wildman–Crippen MR) is 55.7 cm³/mol. The molecule has 76 valence electrons. The van der Waals surface area contributed by atoms with Gasteiger partial charge in [-0.05, 0) is 17.2 Å². The molecule has 3 nitrogen and oxygen atoms in total. The Morgan fingerprint density at radius 3 is 2.64 bits per heavy atom. The highest BCUT2D eigenvalue weighted by Crippen LogP contribution is 2.30. The van der Waals surface area contributed by atoms with Crippen LogP contribution in [0.3, 0.4) is 0 Å². The number of rotatable bonds is 3. The second-order valence-electron chi connectivity index (χ2n) is 2.60. The van der Waals surface area contributed by atoms with Gasteiger partial charge in [0.15, 0.2) is 12.0 Å². The zero-order valence-electron chi connectivity index (χ0n) is 7.74. The van der Waals surface area contributed by atoms with Crippen molar-refractivity contribution in [2.45, 2.75) is 4.90 Å². The molecule has 0 N–H and O–H groups in total. The first-order chi connectivity index (χ1) is 6.60. The minimum absolute atomic E-state index is 0.301. The van der Waals surface area contributed by atoms with Gasteiger partial charge in [-0.3, -0.25) is 4.79 Å². The highest BCUT2D eigenvalue weighted by Gasteiger charge is 2.19. The van der Waals surface area contributed by atoms with Crippen LogP contribution < -0.4 is 4.74 Å². The quantitative estimate of drug-likeness (QED) is 0.591. The first kappa shape index (κ1) is 11.4. The van der Waals surface area contributed by atoms with Gasteiger partial charge in [0, 0.05) is 11.1 Å². The standard InChI is InChI=1S/C9H9ClO3S/c1-13-8-4-7(10)3-6(5-11)9(8)14(2)12/h3-5H,1-2H3. The molecule has 0 amide bonds. The summed E-state index contributed by atoms with van der Waals surface area (Å²) in [6.45, 7) is 0. The Morgan fingerprint density at radius 2 is 2.21 bits per heavy atom. The summed E-state index contributed by atoms with van der Waals surface area (Å²) in [5.74, 6) is 0.375. The summed E-state index contributed by atoms with van der Waals surface area (Å²) >= 11 is 4.47. The van der Waals surface area contributed by atoms with Crippen LogP contribution in [0.25, 0.3) is 0 Å². The van der Waals surface area contributed by atoms with Crippen molar-refractivity contribution in [3.05, 3.63) is 22.7 Å². The van der Waals surface area contributed by atoms with Crippen molar-refractivity contribution < 1.29 is 14.1 Å². The predicted octanol–water partition coefficient (Wildman–Crippen LogP) is 1.90. The van der Waals surface area contributed by atoms with Crippen LogP contribution in [0.1, 0.15) is 10.4 Å². The second kappa shape index (κ2) is 4.68. The van der Waals surface area contributed by atoms with E-state index < -0.39 is 11.2 Å². The van der Waals surface area contributed by atoms with Crippen LogP contribution in [-0.2, 0) is 11.2 Å². The van der Waals surface area contributed by atoms with Gasteiger partial charge in [-0.1, -0.05) is 11.6 Å². The molecule has 0 aromatic heterocycles. The molecule has 1 aromatic rings. The maximum Gasteiger partial charge on any atom is 0.204 e. The number of aldehydes is 1. The van der Waals surface area contributed by atoms with Crippen molar-refractivity contribution in [3.63, 3.8) is 0 Å². The van der Waals surface area contributed by atoms with Crippen LogP contribution in [-0.4, -0.2) is 24.2 Å². The molecule has 0 bridgehead atoms. The molecule has 0 radical (unpaired) electrons. The lowest BCUT2D eigenvalue weighted by molar-refractivity contribution is 0.112. The minimum Gasteiger partial charge on any atom is -0.612 e. The van der Waals surface area contributed by atoms with Crippen LogP contribution in [0.5, 0.6) is 5.75 Å². The van der Waals surface area contributed by atoms with Crippen molar-refractivity contribution >= 4 is 29.1 Å². The summed E-state index contributed by atoms with van der Waals surface area (Å²) in [6, 6.07) is 3.00. The van der Waals surface area contributed by atoms with Crippen LogP contribution in [0.4, 0.5) is 0 Å². The molecule has 0 heterocycles. The van der Waals surface area contributed by atoms with Gasteiger partial charge >= 0.3 is 0 Å². The fourth-order valence-corrected chi connectivity index (χ4v) is 2.22. The van der Waals surface area contributed by atoms with E-state index in [-0.39, 0.29) is 0 Å². The number of benzene rings is 1. The molecule has 0 aliphatic heterocycles. The maximum atomic E-state index is 11.3. The van der Waals surface area contributed by atoms with E-state index in [1.807, 2.05) is 0 Å². The number of hydrogen-bond donors (Lipinski definition) is 0. The molecular formula is C9H9ClO3S. The number of halogens is 1. The number of carbonyl (C=O) groups is 1. The third-order valence-corrected chi connectivity index (χ3v) is 2.91. The van der Waals surface area contributed by atoms with Gasteiger partial charge in [-0.15, -0.1) is 0 Å². The lowest BCUT2D eigenvalue weighted by Crippen LogP contribution is -2.05. The van der Waals surface area contributed by atoms with E-state index >= 15 is 0 Å². The van der Waals surface area contributed by atoms with E-state index in [4.69, 9.17) is 16.3 Å². The number of methoxy groups -OCH3 is 1. The Kier molecular flexibility index (Phi) is 3.80. The molecule has 0 spiro atoms. The van der Waals surface area contributed by atoms with Crippen molar-refractivity contribution in [3.8, 4) is 5.75 Å².